The second-order valence-electron chi connectivity index (χ2n) is 4.75. The Morgan fingerprint density at radius 3 is 2.76 bits per heavy atom. The number of allylic oxidation sites excluding steroid dienone is 1. The molecule has 3 atom stereocenters. The van der Waals surface area contributed by atoms with Gasteiger partial charge in [0.05, 0.1) is 6.04 Å². The van der Waals surface area contributed by atoms with E-state index in [1.54, 1.807) is 6.08 Å². The van der Waals surface area contributed by atoms with Gasteiger partial charge in [-0.2, -0.15) is 0 Å². The molecule has 0 spiro atoms. The molecule has 6 nitrogen and oxygen atoms in total. The zero-order chi connectivity index (χ0) is 15.4. The molecule has 0 fully saturated rings. The SMILES string of the molecule is CCOCO[C@H]1C(CC)=C[C@@H](n2ccc(=O)[nH]c2=O)C1F. The lowest BCUT2D eigenvalue weighted by Crippen LogP contribution is -2.36. The molecule has 1 N–H and O–H groups in total. The van der Waals surface area contributed by atoms with Gasteiger partial charge in [0.25, 0.3) is 5.56 Å². The quantitative estimate of drug-likeness (QED) is 0.486. The van der Waals surface area contributed by atoms with Gasteiger partial charge in [-0.25, -0.2) is 9.18 Å². The van der Waals surface area contributed by atoms with E-state index >= 15 is 0 Å². The third kappa shape index (κ3) is 3.30. The zero-order valence-corrected chi connectivity index (χ0v) is 12.0. The summed E-state index contributed by atoms with van der Waals surface area (Å²) in [7, 11) is 0. The highest BCUT2D eigenvalue weighted by Crippen LogP contribution is 2.34. The van der Waals surface area contributed by atoms with Crippen LogP contribution < -0.4 is 11.2 Å². The van der Waals surface area contributed by atoms with E-state index in [0.717, 1.165) is 5.57 Å². The fraction of sp³-hybridized carbons (Fsp3) is 0.571. The van der Waals surface area contributed by atoms with Gasteiger partial charge in [-0.15, -0.1) is 0 Å². The first-order valence-corrected chi connectivity index (χ1v) is 6.94. The van der Waals surface area contributed by atoms with Crippen molar-refractivity contribution in [2.45, 2.75) is 38.6 Å². The van der Waals surface area contributed by atoms with Crippen LogP contribution >= 0.6 is 0 Å². The number of halogens is 1. The third-order valence-corrected chi connectivity index (χ3v) is 3.48. The Morgan fingerprint density at radius 1 is 1.38 bits per heavy atom. The smallest absolute Gasteiger partial charge is 0.328 e. The van der Waals surface area contributed by atoms with Gasteiger partial charge in [-0.1, -0.05) is 13.0 Å². The minimum atomic E-state index is -1.40. The Morgan fingerprint density at radius 2 is 2.14 bits per heavy atom. The predicted octanol–water partition coefficient (Wildman–Crippen LogP) is 1.15. The van der Waals surface area contributed by atoms with Crippen LogP contribution in [0.2, 0.25) is 0 Å². The Hall–Kier alpha value is -1.73. The van der Waals surface area contributed by atoms with Crippen molar-refractivity contribution in [3.8, 4) is 0 Å². The molecule has 0 aromatic carbocycles. The molecule has 1 aromatic heterocycles. The molecule has 0 saturated heterocycles. The van der Waals surface area contributed by atoms with Crippen molar-refractivity contribution in [1.29, 1.82) is 0 Å². The molecule has 1 unspecified atom stereocenters. The number of nitrogens with zero attached hydrogens (tertiary/aromatic N) is 1. The van der Waals surface area contributed by atoms with Gasteiger partial charge in [0.2, 0.25) is 0 Å². The maximum Gasteiger partial charge on any atom is 0.328 e. The third-order valence-electron chi connectivity index (χ3n) is 3.48. The van der Waals surface area contributed by atoms with Crippen LogP contribution in [0.4, 0.5) is 4.39 Å². The number of aromatic amines is 1. The number of rotatable bonds is 6. The summed E-state index contributed by atoms with van der Waals surface area (Å²) in [6, 6.07) is 0.415. The molecule has 1 heterocycles. The van der Waals surface area contributed by atoms with Crippen molar-refractivity contribution in [3.05, 3.63) is 44.8 Å². The Labute approximate surface area is 121 Å². The first-order valence-electron chi connectivity index (χ1n) is 6.94. The first kappa shape index (κ1) is 15.7. The van der Waals surface area contributed by atoms with Crippen LogP contribution in [0, 0.1) is 0 Å². The second kappa shape index (κ2) is 6.82. The van der Waals surface area contributed by atoms with Crippen LogP contribution in [-0.4, -0.2) is 35.2 Å². The lowest BCUT2D eigenvalue weighted by Gasteiger charge is -2.21. The highest BCUT2D eigenvalue weighted by Gasteiger charge is 2.39. The molecule has 7 heteroatoms. The normalized spacial score (nSPS) is 25.1. The van der Waals surface area contributed by atoms with Crippen molar-refractivity contribution >= 4 is 0 Å². The predicted molar refractivity (Wildman–Crippen MR) is 75.0 cm³/mol. The molecule has 0 bridgehead atoms. The first-order chi connectivity index (χ1) is 10.1. The Bertz CT molecular complexity index is 622. The number of nitrogens with one attached hydrogen (secondary N) is 1. The largest absolute Gasteiger partial charge is 0.356 e. The van der Waals surface area contributed by atoms with Gasteiger partial charge in [-0.05, 0) is 18.9 Å². The van der Waals surface area contributed by atoms with Crippen molar-refractivity contribution in [3.63, 3.8) is 0 Å². The van der Waals surface area contributed by atoms with Crippen molar-refractivity contribution < 1.29 is 13.9 Å². The fourth-order valence-electron chi connectivity index (χ4n) is 2.41. The number of hydrogen-bond donors (Lipinski definition) is 1. The average molecular weight is 298 g/mol. The van der Waals surface area contributed by atoms with Crippen LogP contribution in [0.5, 0.6) is 0 Å². The Kier molecular flexibility index (Phi) is 5.08. The average Bonchev–Trinajstić information content (AvgIpc) is 2.76. The number of hydrogen-bond acceptors (Lipinski definition) is 4. The van der Waals surface area contributed by atoms with Gasteiger partial charge in [0, 0.05) is 18.9 Å². The maximum absolute atomic E-state index is 14.6. The second-order valence-corrected chi connectivity index (χ2v) is 4.75. The molecule has 21 heavy (non-hydrogen) atoms. The van der Waals surface area contributed by atoms with Crippen LogP contribution in [0.25, 0.3) is 0 Å². The number of aromatic nitrogens is 2. The number of alkyl halides is 1. The van der Waals surface area contributed by atoms with Crippen molar-refractivity contribution in [2.24, 2.45) is 0 Å². The van der Waals surface area contributed by atoms with E-state index in [0.29, 0.717) is 13.0 Å². The maximum atomic E-state index is 14.6. The van der Waals surface area contributed by atoms with Crippen LogP contribution in [-0.2, 0) is 9.47 Å². The van der Waals surface area contributed by atoms with Crippen LogP contribution in [0.3, 0.4) is 0 Å². The van der Waals surface area contributed by atoms with E-state index in [2.05, 4.69) is 4.98 Å². The summed E-state index contributed by atoms with van der Waals surface area (Å²) < 4.78 is 26.3. The minimum absolute atomic E-state index is 0.00612. The summed E-state index contributed by atoms with van der Waals surface area (Å²) in [5, 5.41) is 0. The molecule has 0 radical (unpaired) electrons. The van der Waals surface area contributed by atoms with E-state index in [4.69, 9.17) is 9.47 Å². The summed E-state index contributed by atoms with van der Waals surface area (Å²) >= 11 is 0. The summed E-state index contributed by atoms with van der Waals surface area (Å²) in [6.45, 7) is 4.21. The Balaban J connectivity index is 2.23. The van der Waals surface area contributed by atoms with E-state index < -0.39 is 29.6 Å². The molecular weight excluding hydrogens is 279 g/mol. The van der Waals surface area contributed by atoms with Crippen molar-refractivity contribution in [2.75, 3.05) is 13.4 Å². The summed E-state index contributed by atoms with van der Waals surface area (Å²) in [5.74, 6) is 0. The highest BCUT2D eigenvalue weighted by molar-refractivity contribution is 5.23. The van der Waals surface area contributed by atoms with Gasteiger partial charge in [0.1, 0.15) is 12.9 Å². The molecule has 1 aromatic rings. The van der Waals surface area contributed by atoms with E-state index in [9.17, 15) is 14.0 Å². The summed E-state index contributed by atoms with van der Waals surface area (Å²) in [4.78, 5) is 25.0. The van der Waals surface area contributed by atoms with Gasteiger partial charge < -0.3 is 9.47 Å². The van der Waals surface area contributed by atoms with E-state index in [-0.39, 0.29) is 6.79 Å². The molecule has 116 valence electrons. The lowest BCUT2D eigenvalue weighted by molar-refractivity contribution is -0.0951. The monoisotopic (exact) mass is 298 g/mol. The molecular formula is C14H19FN2O4. The topological polar surface area (TPSA) is 73.3 Å². The molecule has 0 amide bonds. The molecule has 0 aliphatic heterocycles. The standard InChI is InChI=1S/C14H19FN2O4/c1-3-9-7-10(12(15)13(9)21-8-20-4-2)17-6-5-11(18)16-14(17)19/h5-7,10,12-13H,3-4,8H2,1-2H3,(H,16,18,19)/t10-,12?,13+/m1/s1. The molecule has 1 aliphatic carbocycles. The van der Waals surface area contributed by atoms with E-state index in [1.165, 1.54) is 16.8 Å². The van der Waals surface area contributed by atoms with Crippen LogP contribution in [0.15, 0.2) is 33.5 Å². The van der Waals surface area contributed by atoms with E-state index in [1.807, 2.05) is 13.8 Å². The summed E-state index contributed by atoms with van der Waals surface area (Å²) in [6.07, 6.45) is 1.47. The fourth-order valence-corrected chi connectivity index (χ4v) is 2.41. The highest BCUT2D eigenvalue weighted by atomic mass is 19.1. The molecule has 2 rings (SSSR count). The number of ether oxygens (including phenoxy) is 2. The van der Waals surface area contributed by atoms with Crippen molar-refractivity contribution in [1.82, 2.24) is 9.55 Å². The summed E-state index contributed by atoms with van der Waals surface area (Å²) in [5.41, 5.74) is -0.355. The van der Waals surface area contributed by atoms with Gasteiger partial charge in [-0.3, -0.25) is 14.3 Å². The number of H-pyrrole nitrogens is 1. The molecule has 1 aliphatic rings. The van der Waals surface area contributed by atoms with Crippen LogP contribution in [0.1, 0.15) is 26.3 Å². The lowest BCUT2D eigenvalue weighted by atomic mass is 10.1. The molecule has 0 saturated carbocycles. The van der Waals surface area contributed by atoms with Gasteiger partial charge >= 0.3 is 5.69 Å². The minimum Gasteiger partial charge on any atom is -0.356 e. The van der Waals surface area contributed by atoms with Gasteiger partial charge in [0.15, 0.2) is 6.17 Å². The zero-order valence-electron chi connectivity index (χ0n) is 12.0.